The van der Waals surface area contributed by atoms with Gasteiger partial charge >= 0.3 is 6.18 Å². The Hall–Kier alpha value is -1.69. The van der Waals surface area contributed by atoms with E-state index in [2.05, 4.69) is 9.97 Å². The summed E-state index contributed by atoms with van der Waals surface area (Å²) in [6.07, 6.45) is -3.46. The molecule has 164 valence electrons. The smallest absolute Gasteiger partial charge is 0.389 e. The van der Waals surface area contributed by atoms with Crippen LogP contribution in [0.1, 0.15) is 25.3 Å². The van der Waals surface area contributed by atoms with Gasteiger partial charge in [0.1, 0.15) is 6.10 Å². The number of carbonyl (C=O) groups excluding carboxylic acids is 1. The largest absolute Gasteiger partial charge is 0.419 e. The molecule has 0 unspecified atom stereocenters. The molecule has 0 aliphatic carbocycles. The molecular formula is C17H25ClF3N5O3. The van der Waals surface area contributed by atoms with Gasteiger partial charge in [-0.2, -0.15) is 13.2 Å². The number of halogens is 4. The van der Waals surface area contributed by atoms with Gasteiger partial charge in [0.15, 0.2) is 0 Å². The van der Waals surface area contributed by atoms with Crippen molar-refractivity contribution >= 4 is 24.3 Å². The van der Waals surface area contributed by atoms with Crippen LogP contribution in [0.3, 0.4) is 0 Å². The van der Waals surface area contributed by atoms with Crippen LogP contribution in [0.4, 0.5) is 19.1 Å². The van der Waals surface area contributed by atoms with Crippen LogP contribution < -0.4 is 10.6 Å². The highest BCUT2D eigenvalue weighted by Gasteiger charge is 2.41. The molecule has 0 spiro atoms. The molecule has 3 heterocycles. The average Bonchev–Trinajstić information content (AvgIpc) is 3.00. The number of aromatic nitrogens is 2. The molecule has 4 atom stereocenters. The number of anilines is 1. The van der Waals surface area contributed by atoms with Crippen molar-refractivity contribution in [1.82, 2.24) is 14.9 Å². The molecule has 1 aromatic heterocycles. The van der Waals surface area contributed by atoms with Crippen molar-refractivity contribution in [2.24, 2.45) is 5.73 Å². The minimum atomic E-state index is -4.50. The summed E-state index contributed by atoms with van der Waals surface area (Å²) in [5.74, 6) is -0.0414. The summed E-state index contributed by atoms with van der Waals surface area (Å²) >= 11 is 0. The highest BCUT2D eigenvalue weighted by Crippen LogP contribution is 2.29. The van der Waals surface area contributed by atoms with Crippen molar-refractivity contribution in [3.05, 3.63) is 18.0 Å². The number of β-amino-alcohol motifs (C(OH)–C–C–N with tert-alkyl or cyclic N) is 1. The van der Waals surface area contributed by atoms with Crippen molar-refractivity contribution < 1.29 is 27.8 Å². The number of amides is 1. The Kier molecular flexibility index (Phi) is 7.66. The van der Waals surface area contributed by atoms with Gasteiger partial charge in [-0.25, -0.2) is 9.97 Å². The van der Waals surface area contributed by atoms with Crippen molar-refractivity contribution in [2.75, 3.05) is 31.1 Å². The standard InChI is InChI=1S/C17H24F3N5O3.ClH/c1-10(21)9-28-14-3-5-25(15(14)27)12-2-4-24(8-13(12)26)16-22-6-11(7-23-16)17(18,19)20;/h6-7,10,12-14,26H,2-5,8-9,21H2,1H3;1H/t10-,12+,13-,14+;/m0./s1. The molecule has 2 fully saturated rings. The number of nitrogens with zero attached hydrogens (tertiary/aromatic N) is 4. The fourth-order valence-corrected chi connectivity index (χ4v) is 3.52. The van der Waals surface area contributed by atoms with Gasteiger partial charge in [0.2, 0.25) is 5.95 Å². The van der Waals surface area contributed by atoms with E-state index in [4.69, 9.17) is 10.5 Å². The molecule has 0 bridgehead atoms. The molecular weight excluding hydrogens is 415 g/mol. The van der Waals surface area contributed by atoms with Crippen LogP contribution in [0.25, 0.3) is 0 Å². The second kappa shape index (κ2) is 9.41. The third kappa shape index (κ3) is 5.47. The number of carbonyl (C=O) groups is 1. The Morgan fingerprint density at radius 1 is 1.31 bits per heavy atom. The zero-order valence-electron chi connectivity index (χ0n) is 15.9. The quantitative estimate of drug-likeness (QED) is 0.699. The van der Waals surface area contributed by atoms with Gasteiger partial charge in [-0.1, -0.05) is 0 Å². The lowest BCUT2D eigenvalue weighted by molar-refractivity contribution is -0.141. The molecule has 0 saturated carbocycles. The summed E-state index contributed by atoms with van der Waals surface area (Å²) < 4.78 is 43.4. The van der Waals surface area contributed by atoms with E-state index in [-0.39, 0.29) is 49.5 Å². The predicted octanol–water partition coefficient (Wildman–Crippen LogP) is 0.821. The molecule has 29 heavy (non-hydrogen) atoms. The monoisotopic (exact) mass is 439 g/mol. The first-order chi connectivity index (χ1) is 13.2. The SMILES string of the molecule is C[C@H](N)CO[C@@H]1CCN([C@@H]2CCN(c3ncc(C(F)(F)F)cn3)C[C@@H]2O)C1=O.Cl. The first-order valence-corrected chi connectivity index (χ1v) is 9.16. The molecule has 2 aliphatic rings. The van der Waals surface area contributed by atoms with Crippen LogP contribution in [0.5, 0.6) is 0 Å². The maximum atomic E-state index is 12.6. The topological polar surface area (TPSA) is 105 Å². The van der Waals surface area contributed by atoms with Gasteiger partial charge in [-0.05, 0) is 13.3 Å². The number of piperidine rings is 1. The second-order valence-electron chi connectivity index (χ2n) is 7.26. The van der Waals surface area contributed by atoms with E-state index in [1.165, 1.54) is 0 Å². The summed E-state index contributed by atoms with van der Waals surface area (Å²) in [4.78, 5) is 23.3. The highest BCUT2D eigenvalue weighted by molar-refractivity contribution is 5.85. The zero-order valence-corrected chi connectivity index (χ0v) is 16.7. The molecule has 2 aliphatic heterocycles. The summed E-state index contributed by atoms with van der Waals surface area (Å²) in [7, 11) is 0. The average molecular weight is 440 g/mol. The molecule has 1 amide bonds. The first kappa shape index (κ1) is 23.6. The van der Waals surface area contributed by atoms with Crippen molar-refractivity contribution in [3.8, 4) is 0 Å². The molecule has 1 aromatic rings. The van der Waals surface area contributed by atoms with Crippen LogP contribution in [0.15, 0.2) is 12.4 Å². The Bertz CT molecular complexity index is 692. The number of alkyl halides is 3. The summed E-state index contributed by atoms with van der Waals surface area (Å²) in [5.41, 5.74) is 4.73. The summed E-state index contributed by atoms with van der Waals surface area (Å²) in [5, 5.41) is 10.5. The van der Waals surface area contributed by atoms with E-state index >= 15 is 0 Å². The highest BCUT2D eigenvalue weighted by atomic mass is 35.5. The zero-order chi connectivity index (χ0) is 20.5. The molecule has 0 aromatic carbocycles. The van der Waals surface area contributed by atoms with Gasteiger partial charge in [0.25, 0.3) is 5.91 Å². The van der Waals surface area contributed by atoms with E-state index in [1.807, 2.05) is 0 Å². The molecule has 0 radical (unpaired) electrons. The minimum Gasteiger partial charge on any atom is -0.389 e. The third-order valence-electron chi connectivity index (χ3n) is 4.95. The van der Waals surface area contributed by atoms with Crippen LogP contribution >= 0.6 is 12.4 Å². The Labute approximate surface area is 172 Å². The van der Waals surface area contributed by atoms with E-state index in [0.29, 0.717) is 25.9 Å². The number of aliphatic hydroxyl groups is 1. The maximum absolute atomic E-state index is 12.6. The fourth-order valence-electron chi connectivity index (χ4n) is 3.52. The Morgan fingerprint density at radius 2 is 1.97 bits per heavy atom. The number of hydrogen-bond donors (Lipinski definition) is 2. The normalized spacial score (nSPS) is 26.4. The first-order valence-electron chi connectivity index (χ1n) is 9.16. The summed E-state index contributed by atoms with van der Waals surface area (Å²) in [6, 6.07) is -0.540. The molecule has 2 saturated heterocycles. The molecule has 3 rings (SSSR count). The number of ether oxygens (including phenoxy) is 1. The Balaban J connectivity index is 0.00000300. The van der Waals surface area contributed by atoms with E-state index in [9.17, 15) is 23.1 Å². The second-order valence-corrected chi connectivity index (χ2v) is 7.26. The summed E-state index contributed by atoms with van der Waals surface area (Å²) in [6.45, 7) is 3.12. The lowest BCUT2D eigenvalue weighted by Crippen LogP contribution is -2.55. The van der Waals surface area contributed by atoms with Crippen LogP contribution in [-0.4, -0.2) is 76.4 Å². The minimum absolute atomic E-state index is 0. The van der Waals surface area contributed by atoms with Gasteiger partial charge in [0.05, 0.1) is 24.3 Å². The lowest BCUT2D eigenvalue weighted by atomic mass is 10.0. The number of aliphatic hydroxyl groups excluding tert-OH is 1. The van der Waals surface area contributed by atoms with Gasteiger partial charge in [0, 0.05) is 44.5 Å². The van der Waals surface area contributed by atoms with E-state index in [0.717, 1.165) is 12.4 Å². The maximum Gasteiger partial charge on any atom is 0.419 e. The van der Waals surface area contributed by atoms with Crippen LogP contribution in [-0.2, 0) is 15.7 Å². The van der Waals surface area contributed by atoms with Crippen LogP contribution in [0, 0.1) is 0 Å². The number of likely N-dealkylation sites (tertiary alicyclic amines) is 1. The molecule has 12 heteroatoms. The van der Waals surface area contributed by atoms with E-state index < -0.39 is 23.9 Å². The predicted molar refractivity (Wildman–Crippen MR) is 101 cm³/mol. The van der Waals surface area contributed by atoms with Crippen LogP contribution in [0.2, 0.25) is 0 Å². The van der Waals surface area contributed by atoms with Crippen molar-refractivity contribution in [1.29, 1.82) is 0 Å². The lowest BCUT2D eigenvalue weighted by Gasteiger charge is -2.40. The molecule has 8 nitrogen and oxygen atoms in total. The fraction of sp³-hybridized carbons (Fsp3) is 0.706. The number of hydrogen-bond acceptors (Lipinski definition) is 7. The van der Waals surface area contributed by atoms with Crippen molar-refractivity contribution in [2.45, 2.75) is 50.2 Å². The van der Waals surface area contributed by atoms with Gasteiger partial charge < -0.3 is 25.4 Å². The number of rotatable bonds is 5. The van der Waals surface area contributed by atoms with Gasteiger partial charge in [-0.3, -0.25) is 4.79 Å². The van der Waals surface area contributed by atoms with Gasteiger partial charge in [-0.15, -0.1) is 12.4 Å². The van der Waals surface area contributed by atoms with Crippen molar-refractivity contribution in [3.63, 3.8) is 0 Å². The van der Waals surface area contributed by atoms with E-state index in [1.54, 1.807) is 16.7 Å². The number of nitrogens with two attached hydrogens (primary N) is 1. The molecule has 3 N–H and O–H groups in total. The Morgan fingerprint density at radius 3 is 2.52 bits per heavy atom. The third-order valence-corrected chi connectivity index (χ3v) is 4.95.